The molecule has 6 heteroatoms. The van der Waals surface area contributed by atoms with E-state index in [9.17, 15) is 20.0 Å². The third-order valence-corrected chi connectivity index (χ3v) is 3.08. The lowest BCUT2D eigenvalue weighted by Gasteiger charge is -2.25. The van der Waals surface area contributed by atoms with Crippen molar-refractivity contribution in [2.75, 3.05) is 0 Å². The molecule has 108 valence electrons. The molecule has 0 spiro atoms. The number of esters is 1. The van der Waals surface area contributed by atoms with Crippen molar-refractivity contribution in [3.63, 3.8) is 0 Å². The lowest BCUT2D eigenvalue weighted by Crippen LogP contribution is -2.34. The highest BCUT2D eigenvalue weighted by Gasteiger charge is 2.33. The van der Waals surface area contributed by atoms with Crippen molar-refractivity contribution >= 4 is 11.7 Å². The number of carbonyl (C=O) groups is 1. The van der Waals surface area contributed by atoms with Crippen LogP contribution in [0.2, 0.25) is 0 Å². The zero-order chi connectivity index (χ0) is 15.5. The molecule has 1 aliphatic rings. The zero-order valence-corrected chi connectivity index (χ0v) is 11.1. The van der Waals surface area contributed by atoms with Gasteiger partial charge in [-0.05, 0) is 18.2 Å². The van der Waals surface area contributed by atoms with Crippen LogP contribution in [-0.4, -0.2) is 21.6 Å². The van der Waals surface area contributed by atoms with Crippen LogP contribution < -0.4 is 4.74 Å². The van der Waals surface area contributed by atoms with E-state index in [0.717, 1.165) is 0 Å². The minimum atomic E-state index is -1.47. The summed E-state index contributed by atoms with van der Waals surface area (Å²) < 4.78 is 5.05. The maximum atomic E-state index is 12.0. The van der Waals surface area contributed by atoms with Crippen LogP contribution in [0.25, 0.3) is 0 Å². The number of nitrogens with zero attached hydrogens (tertiary/aromatic N) is 1. The predicted molar refractivity (Wildman–Crippen MR) is 75.7 cm³/mol. The number of nitro benzene ring substituents is 1. The molecule has 2 rings (SSSR count). The highest BCUT2D eigenvalue weighted by atomic mass is 16.6. The molecule has 0 bridgehead atoms. The number of non-ortho nitro benzene ring substituents is 1. The highest BCUT2D eigenvalue weighted by Crippen LogP contribution is 2.27. The van der Waals surface area contributed by atoms with Gasteiger partial charge in [0.15, 0.2) is 0 Å². The number of hydrogen-bond acceptors (Lipinski definition) is 5. The number of hydrogen-bond donors (Lipinski definition) is 1. The van der Waals surface area contributed by atoms with E-state index < -0.39 is 16.5 Å². The molecule has 1 atom stereocenters. The Balaban J connectivity index is 2.07. The first kappa shape index (κ1) is 14.7. The Morgan fingerprint density at radius 3 is 2.52 bits per heavy atom. The first-order valence-electron chi connectivity index (χ1n) is 6.15. The first-order valence-corrected chi connectivity index (χ1v) is 6.15. The molecule has 0 saturated heterocycles. The maximum absolute atomic E-state index is 12.0. The maximum Gasteiger partial charge on any atom is 0.342 e. The molecule has 0 fully saturated rings. The van der Waals surface area contributed by atoms with Crippen molar-refractivity contribution < 1.29 is 19.6 Å². The second-order valence-electron chi connectivity index (χ2n) is 4.53. The van der Waals surface area contributed by atoms with Crippen LogP contribution in [0.1, 0.15) is 6.42 Å². The van der Waals surface area contributed by atoms with Gasteiger partial charge in [-0.25, -0.2) is 4.79 Å². The number of benzene rings is 1. The van der Waals surface area contributed by atoms with Gasteiger partial charge >= 0.3 is 5.97 Å². The minimum absolute atomic E-state index is 0.0959. The predicted octanol–water partition coefficient (Wildman–Crippen LogP) is 2.30. The summed E-state index contributed by atoms with van der Waals surface area (Å²) in [7, 11) is 0. The molecule has 0 radical (unpaired) electrons. The van der Waals surface area contributed by atoms with Crippen molar-refractivity contribution in [3.05, 3.63) is 70.8 Å². The number of aliphatic hydroxyl groups is 1. The third kappa shape index (κ3) is 3.24. The Labute approximate surface area is 120 Å². The summed E-state index contributed by atoms with van der Waals surface area (Å²) in [4.78, 5) is 21.9. The lowest BCUT2D eigenvalue weighted by molar-refractivity contribution is -0.384. The van der Waals surface area contributed by atoms with E-state index in [1.807, 2.05) is 0 Å². The summed E-state index contributed by atoms with van der Waals surface area (Å²) in [6.45, 7) is 3.57. The van der Waals surface area contributed by atoms with Gasteiger partial charge in [0, 0.05) is 18.6 Å². The van der Waals surface area contributed by atoms with Gasteiger partial charge in [-0.2, -0.15) is 0 Å². The van der Waals surface area contributed by atoms with Crippen molar-refractivity contribution in [3.8, 4) is 5.75 Å². The number of nitro groups is 1. The lowest BCUT2D eigenvalue weighted by atomic mass is 9.88. The molecule has 1 unspecified atom stereocenters. The average Bonchev–Trinajstić information content (AvgIpc) is 2.47. The molecular formula is C15H13NO5. The summed E-state index contributed by atoms with van der Waals surface area (Å²) in [6, 6.07) is 5.07. The second-order valence-corrected chi connectivity index (χ2v) is 4.53. The molecule has 0 aliphatic heterocycles. The van der Waals surface area contributed by atoms with E-state index in [1.165, 1.54) is 30.3 Å². The van der Waals surface area contributed by atoms with Crippen LogP contribution in [0, 0.1) is 10.1 Å². The van der Waals surface area contributed by atoms with Gasteiger partial charge < -0.3 is 9.84 Å². The smallest absolute Gasteiger partial charge is 0.342 e. The molecule has 21 heavy (non-hydrogen) atoms. The van der Waals surface area contributed by atoms with Gasteiger partial charge in [-0.3, -0.25) is 10.1 Å². The summed E-state index contributed by atoms with van der Waals surface area (Å²) in [5.74, 6) is -0.642. The van der Waals surface area contributed by atoms with Crippen molar-refractivity contribution in [2.45, 2.75) is 12.0 Å². The average molecular weight is 287 g/mol. The van der Waals surface area contributed by atoms with Gasteiger partial charge in [-0.1, -0.05) is 24.8 Å². The highest BCUT2D eigenvalue weighted by molar-refractivity contribution is 5.92. The molecule has 0 amide bonds. The van der Waals surface area contributed by atoms with Crippen molar-refractivity contribution in [1.29, 1.82) is 0 Å². The molecule has 1 aromatic carbocycles. The Bertz CT molecular complexity index is 645. The standard InChI is InChI=1S/C15H13NO5/c1-11(15(18)9-3-2-4-10-15)14(17)21-13-7-5-12(6-8-13)16(19)20/h2-9,18H,1,10H2. The summed E-state index contributed by atoms with van der Waals surface area (Å²) >= 11 is 0. The number of carbonyl (C=O) groups excluding carboxylic acids is 1. The molecular weight excluding hydrogens is 274 g/mol. The molecule has 1 aromatic rings. The Morgan fingerprint density at radius 1 is 1.33 bits per heavy atom. The quantitative estimate of drug-likeness (QED) is 0.302. The monoisotopic (exact) mass is 287 g/mol. The Kier molecular flexibility index (Phi) is 4.00. The van der Waals surface area contributed by atoms with E-state index in [0.29, 0.717) is 0 Å². The van der Waals surface area contributed by atoms with Crippen LogP contribution in [-0.2, 0) is 4.79 Å². The first-order chi connectivity index (χ1) is 9.92. The zero-order valence-electron chi connectivity index (χ0n) is 11.1. The fourth-order valence-corrected chi connectivity index (χ4v) is 1.81. The van der Waals surface area contributed by atoms with Crippen LogP contribution in [0.3, 0.4) is 0 Å². The molecule has 1 N–H and O–H groups in total. The van der Waals surface area contributed by atoms with Crippen LogP contribution in [0.15, 0.2) is 60.7 Å². The van der Waals surface area contributed by atoms with Crippen LogP contribution in [0.5, 0.6) is 5.75 Å². The van der Waals surface area contributed by atoms with E-state index in [-0.39, 0.29) is 23.4 Å². The number of rotatable bonds is 4. The molecule has 1 aliphatic carbocycles. The van der Waals surface area contributed by atoms with Gasteiger partial charge in [0.2, 0.25) is 0 Å². The fraction of sp³-hybridized carbons (Fsp3) is 0.133. The van der Waals surface area contributed by atoms with Gasteiger partial charge in [0.25, 0.3) is 5.69 Å². The Morgan fingerprint density at radius 2 is 2.00 bits per heavy atom. The van der Waals surface area contributed by atoms with E-state index >= 15 is 0 Å². The fourth-order valence-electron chi connectivity index (χ4n) is 1.81. The van der Waals surface area contributed by atoms with Crippen molar-refractivity contribution in [2.24, 2.45) is 0 Å². The molecule has 0 heterocycles. The summed E-state index contributed by atoms with van der Waals surface area (Å²) in [5, 5.41) is 20.8. The Hall–Kier alpha value is -2.73. The topological polar surface area (TPSA) is 89.7 Å². The van der Waals surface area contributed by atoms with E-state index in [1.54, 1.807) is 18.2 Å². The minimum Gasteiger partial charge on any atom is -0.423 e. The van der Waals surface area contributed by atoms with E-state index in [2.05, 4.69) is 6.58 Å². The molecule has 6 nitrogen and oxygen atoms in total. The van der Waals surface area contributed by atoms with Crippen LogP contribution >= 0.6 is 0 Å². The SMILES string of the molecule is C=C(C(=O)Oc1ccc([N+](=O)[O-])cc1)C1(O)C=CC=CC1. The van der Waals surface area contributed by atoms with Gasteiger partial charge in [0.05, 0.1) is 10.5 Å². The third-order valence-electron chi connectivity index (χ3n) is 3.08. The largest absolute Gasteiger partial charge is 0.423 e. The van der Waals surface area contributed by atoms with Crippen molar-refractivity contribution in [1.82, 2.24) is 0 Å². The van der Waals surface area contributed by atoms with E-state index in [4.69, 9.17) is 4.74 Å². The molecule has 0 saturated carbocycles. The second kappa shape index (κ2) is 5.72. The van der Waals surface area contributed by atoms with Crippen LogP contribution in [0.4, 0.5) is 5.69 Å². The van der Waals surface area contributed by atoms with Gasteiger partial charge in [-0.15, -0.1) is 0 Å². The normalized spacial score (nSPS) is 20.0. The summed E-state index contributed by atoms with van der Waals surface area (Å²) in [6.07, 6.45) is 6.78. The number of ether oxygens (including phenoxy) is 1. The number of allylic oxidation sites excluding steroid dienone is 2. The molecule has 0 aromatic heterocycles. The van der Waals surface area contributed by atoms with Gasteiger partial charge in [0.1, 0.15) is 11.4 Å². The summed E-state index contributed by atoms with van der Waals surface area (Å²) in [5.41, 5.74) is -1.67.